The molecule has 94 valence electrons. The molecule has 3 heteroatoms. The molecule has 0 radical (unpaired) electrons. The van der Waals surface area contributed by atoms with Crippen molar-refractivity contribution < 1.29 is 9.50 Å². The Labute approximate surface area is 102 Å². The highest BCUT2D eigenvalue weighted by atomic mass is 19.1. The Morgan fingerprint density at radius 3 is 3.00 bits per heavy atom. The molecular formula is C14H20FNO. The predicted molar refractivity (Wildman–Crippen MR) is 66.2 cm³/mol. The molecule has 0 saturated carbocycles. The largest absolute Gasteiger partial charge is 0.387 e. The van der Waals surface area contributed by atoms with Gasteiger partial charge < -0.3 is 10.4 Å². The smallest absolute Gasteiger partial charge is 0.123 e. The lowest BCUT2D eigenvalue weighted by atomic mass is 10.0. The zero-order chi connectivity index (χ0) is 12.3. The summed E-state index contributed by atoms with van der Waals surface area (Å²) in [5.41, 5.74) is 0.666. The molecule has 1 aromatic rings. The monoisotopic (exact) mass is 237 g/mol. The van der Waals surface area contributed by atoms with Crippen LogP contribution < -0.4 is 5.32 Å². The summed E-state index contributed by atoms with van der Waals surface area (Å²) in [6.45, 7) is 2.16. The molecule has 0 spiro atoms. The van der Waals surface area contributed by atoms with Crippen molar-refractivity contribution >= 4 is 0 Å². The van der Waals surface area contributed by atoms with Crippen LogP contribution in [0.2, 0.25) is 0 Å². The summed E-state index contributed by atoms with van der Waals surface area (Å²) in [6.07, 6.45) is 3.76. The van der Waals surface area contributed by atoms with Crippen LogP contribution in [-0.2, 0) is 0 Å². The first kappa shape index (κ1) is 12.5. The molecule has 17 heavy (non-hydrogen) atoms. The Kier molecular flexibility index (Phi) is 4.13. The molecule has 1 heterocycles. The van der Waals surface area contributed by atoms with Gasteiger partial charge in [-0.3, -0.25) is 0 Å². The van der Waals surface area contributed by atoms with E-state index in [2.05, 4.69) is 12.2 Å². The van der Waals surface area contributed by atoms with Crippen LogP contribution in [0.5, 0.6) is 0 Å². The summed E-state index contributed by atoms with van der Waals surface area (Å²) in [7, 11) is 0. The summed E-state index contributed by atoms with van der Waals surface area (Å²) < 4.78 is 13.1. The highest BCUT2D eigenvalue weighted by molar-refractivity contribution is 5.20. The Balaban J connectivity index is 1.99. The minimum Gasteiger partial charge on any atom is -0.387 e. The van der Waals surface area contributed by atoms with Gasteiger partial charge in [-0.1, -0.05) is 25.5 Å². The lowest BCUT2D eigenvalue weighted by molar-refractivity contribution is 0.134. The van der Waals surface area contributed by atoms with E-state index in [4.69, 9.17) is 0 Å². The second-order valence-corrected chi connectivity index (χ2v) is 4.84. The van der Waals surface area contributed by atoms with E-state index >= 15 is 0 Å². The molecule has 0 aromatic heterocycles. The minimum atomic E-state index is -0.604. The number of hydrogen-bond donors (Lipinski definition) is 2. The van der Waals surface area contributed by atoms with Gasteiger partial charge in [0.25, 0.3) is 0 Å². The fourth-order valence-corrected chi connectivity index (χ4v) is 2.60. The van der Waals surface area contributed by atoms with Crippen LogP contribution in [0.25, 0.3) is 0 Å². The first-order valence-corrected chi connectivity index (χ1v) is 6.40. The van der Waals surface area contributed by atoms with Crippen LogP contribution in [0.3, 0.4) is 0 Å². The normalized spacial score (nSPS) is 26.1. The fraction of sp³-hybridized carbons (Fsp3) is 0.571. The van der Waals surface area contributed by atoms with Gasteiger partial charge in [0.1, 0.15) is 5.82 Å². The SMILES string of the molecule is CCC[C@H]1CC[C@H]([C@@H](O)c2cccc(F)c2)N1. The Morgan fingerprint density at radius 1 is 1.47 bits per heavy atom. The van der Waals surface area contributed by atoms with Crippen LogP contribution in [0.15, 0.2) is 24.3 Å². The predicted octanol–water partition coefficient (Wildman–Crippen LogP) is 2.78. The van der Waals surface area contributed by atoms with Crippen molar-refractivity contribution in [3.05, 3.63) is 35.6 Å². The second kappa shape index (κ2) is 5.61. The van der Waals surface area contributed by atoms with E-state index < -0.39 is 6.10 Å². The standard InChI is InChI=1S/C14H20FNO/c1-2-4-12-7-8-13(16-12)14(17)10-5-3-6-11(15)9-10/h3,5-6,9,12-14,16-17H,2,4,7-8H2,1H3/t12-,13+,14-/m0/s1. The molecule has 1 aromatic carbocycles. The fourth-order valence-electron chi connectivity index (χ4n) is 2.60. The average Bonchev–Trinajstić information content (AvgIpc) is 2.77. The molecule has 0 aliphatic carbocycles. The zero-order valence-corrected chi connectivity index (χ0v) is 10.2. The van der Waals surface area contributed by atoms with Crippen LogP contribution in [0.4, 0.5) is 4.39 Å². The van der Waals surface area contributed by atoms with Crippen molar-refractivity contribution in [3.8, 4) is 0 Å². The summed E-state index contributed by atoms with van der Waals surface area (Å²) in [6, 6.07) is 6.81. The van der Waals surface area contributed by atoms with E-state index in [0.717, 1.165) is 25.7 Å². The Hall–Kier alpha value is -0.930. The van der Waals surface area contributed by atoms with Crippen molar-refractivity contribution in [1.29, 1.82) is 0 Å². The Bertz CT molecular complexity index is 369. The van der Waals surface area contributed by atoms with Crippen molar-refractivity contribution in [2.24, 2.45) is 0 Å². The topological polar surface area (TPSA) is 32.3 Å². The van der Waals surface area contributed by atoms with Gasteiger partial charge in [-0.25, -0.2) is 4.39 Å². The maximum absolute atomic E-state index is 13.1. The van der Waals surface area contributed by atoms with Crippen molar-refractivity contribution in [1.82, 2.24) is 5.32 Å². The number of aliphatic hydroxyl groups is 1. The highest BCUT2D eigenvalue weighted by Gasteiger charge is 2.29. The molecule has 3 atom stereocenters. The van der Waals surface area contributed by atoms with Crippen LogP contribution in [0.1, 0.15) is 44.3 Å². The molecule has 2 nitrogen and oxygen atoms in total. The van der Waals surface area contributed by atoms with Crippen LogP contribution >= 0.6 is 0 Å². The van der Waals surface area contributed by atoms with Gasteiger partial charge in [0, 0.05) is 12.1 Å². The third-order valence-electron chi connectivity index (χ3n) is 3.48. The molecular weight excluding hydrogens is 217 g/mol. The molecule has 2 N–H and O–H groups in total. The lowest BCUT2D eigenvalue weighted by Crippen LogP contribution is -2.33. The summed E-state index contributed by atoms with van der Waals surface area (Å²) in [4.78, 5) is 0. The first-order chi connectivity index (χ1) is 8.20. The van der Waals surface area contributed by atoms with E-state index in [0.29, 0.717) is 11.6 Å². The van der Waals surface area contributed by atoms with E-state index in [9.17, 15) is 9.50 Å². The molecule has 0 bridgehead atoms. The number of nitrogens with one attached hydrogen (secondary N) is 1. The van der Waals surface area contributed by atoms with Crippen molar-refractivity contribution in [2.45, 2.75) is 50.8 Å². The summed E-state index contributed by atoms with van der Waals surface area (Å²) >= 11 is 0. The van der Waals surface area contributed by atoms with Gasteiger partial charge in [0.05, 0.1) is 6.10 Å². The molecule has 1 aliphatic heterocycles. The quantitative estimate of drug-likeness (QED) is 0.844. The molecule has 2 rings (SSSR count). The van der Waals surface area contributed by atoms with E-state index in [1.165, 1.54) is 12.1 Å². The molecule has 0 amide bonds. The third kappa shape index (κ3) is 3.05. The highest BCUT2D eigenvalue weighted by Crippen LogP contribution is 2.27. The van der Waals surface area contributed by atoms with Crippen molar-refractivity contribution in [2.75, 3.05) is 0 Å². The lowest BCUT2D eigenvalue weighted by Gasteiger charge is -2.20. The van der Waals surface area contributed by atoms with Crippen LogP contribution in [0, 0.1) is 5.82 Å². The molecule has 1 aliphatic rings. The molecule has 1 saturated heterocycles. The zero-order valence-electron chi connectivity index (χ0n) is 10.2. The van der Waals surface area contributed by atoms with Gasteiger partial charge in [-0.15, -0.1) is 0 Å². The van der Waals surface area contributed by atoms with E-state index in [1.54, 1.807) is 12.1 Å². The second-order valence-electron chi connectivity index (χ2n) is 4.84. The molecule has 1 fully saturated rings. The number of benzene rings is 1. The van der Waals surface area contributed by atoms with Gasteiger partial charge in [0.15, 0.2) is 0 Å². The maximum atomic E-state index is 13.1. The maximum Gasteiger partial charge on any atom is 0.123 e. The first-order valence-electron chi connectivity index (χ1n) is 6.40. The van der Waals surface area contributed by atoms with Gasteiger partial charge in [-0.05, 0) is 37.0 Å². The van der Waals surface area contributed by atoms with Gasteiger partial charge in [0.2, 0.25) is 0 Å². The number of rotatable bonds is 4. The Morgan fingerprint density at radius 2 is 2.29 bits per heavy atom. The van der Waals surface area contributed by atoms with Gasteiger partial charge in [-0.2, -0.15) is 0 Å². The van der Waals surface area contributed by atoms with Gasteiger partial charge >= 0.3 is 0 Å². The summed E-state index contributed by atoms with van der Waals surface area (Å²) in [5.74, 6) is -0.287. The summed E-state index contributed by atoms with van der Waals surface area (Å²) in [5, 5.41) is 13.6. The number of hydrogen-bond acceptors (Lipinski definition) is 2. The van der Waals surface area contributed by atoms with Crippen molar-refractivity contribution in [3.63, 3.8) is 0 Å². The van der Waals surface area contributed by atoms with Crippen LogP contribution in [-0.4, -0.2) is 17.2 Å². The minimum absolute atomic E-state index is 0.0633. The number of halogens is 1. The molecule has 0 unspecified atom stereocenters. The number of aliphatic hydroxyl groups excluding tert-OH is 1. The van der Waals surface area contributed by atoms with E-state index in [1.807, 2.05) is 0 Å². The van der Waals surface area contributed by atoms with E-state index in [-0.39, 0.29) is 11.9 Å². The average molecular weight is 237 g/mol. The third-order valence-corrected chi connectivity index (χ3v) is 3.48.